The van der Waals surface area contributed by atoms with Gasteiger partial charge >= 0.3 is 0 Å². The molecule has 2 fully saturated rings. The lowest BCUT2D eigenvalue weighted by molar-refractivity contribution is -0.140. The highest BCUT2D eigenvalue weighted by Gasteiger charge is 2.43. The molecular formula is C29H39FN2O3. The molecule has 0 spiro atoms. The van der Waals surface area contributed by atoms with Crippen LogP contribution in [0.15, 0.2) is 48.5 Å². The van der Waals surface area contributed by atoms with E-state index < -0.39 is 5.60 Å². The quantitative estimate of drug-likeness (QED) is 0.501. The van der Waals surface area contributed by atoms with Crippen molar-refractivity contribution in [2.24, 2.45) is 17.6 Å². The Morgan fingerprint density at radius 1 is 1.14 bits per heavy atom. The maximum absolute atomic E-state index is 13.6. The van der Waals surface area contributed by atoms with Gasteiger partial charge in [0.1, 0.15) is 5.82 Å². The van der Waals surface area contributed by atoms with Gasteiger partial charge in [-0.1, -0.05) is 36.4 Å². The molecule has 0 radical (unpaired) electrons. The van der Waals surface area contributed by atoms with E-state index in [1.807, 2.05) is 29.2 Å². The monoisotopic (exact) mass is 482 g/mol. The Morgan fingerprint density at radius 3 is 2.63 bits per heavy atom. The molecule has 1 heterocycles. The van der Waals surface area contributed by atoms with Gasteiger partial charge in [0.25, 0.3) is 0 Å². The fourth-order valence-electron chi connectivity index (χ4n) is 6.01. The first kappa shape index (κ1) is 25.8. The van der Waals surface area contributed by atoms with Gasteiger partial charge in [-0.2, -0.15) is 0 Å². The van der Waals surface area contributed by atoms with Gasteiger partial charge in [-0.3, -0.25) is 4.79 Å². The van der Waals surface area contributed by atoms with Crippen molar-refractivity contribution in [1.82, 2.24) is 4.90 Å². The summed E-state index contributed by atoms with van der Waals surface area (Å²) in [5.41, 5.74) is 7.61. The van der Waals surface area contributed by atoms with Gasteiger partial charge < -0.3 is 20.5 Å². The van der Waals surface area contributed by atoms with Crippen LogP contribution in [0, 0.1) is 17.7 Å². The summed E-state index contributed by atoms with van der Waals surface area (Å²) < 4.78 is 18.9. The molecule has 1 aliphatic carbocycles. The number of aliphatic hydroxyl groups is 1. The van der Waals surface area contributed by atoms with Crippen molar-refractivity contribution in [3.8, 4) is 11.1 Å². The van der Waals surface area contributed by atoms with Crippen LogP contribution in [-0.2, 0) is 15.1 Å². The van der Waals surface area contributed by atoms with Gasteiger partial charge in [-0.05, 0) is 80.2 Å². The van der Waals surface area contributed by atoms with Gasteiger partial charge in [-0.25, -0.2) is 4.39 Å². The molecule has 2 aromatic rings. The van der Waals surface area contributed by atoms with Gasteiger partial charge in [0, 0.05) is 44.7 Å². The topological polar surface area (TPSA) is 75.8 Å². The van der Waals surface area contributed by atoms with Crippen LogP contribution in [-0.4, -0.2) is 48.8 Å². The summed E-state index contributed by atoms with van der Waals surface area (Å²) in [6.45, 7) is 1.93. The number of carbonyl (C=O) groups excluding carboxylic acids is 1. The number of piperidine rings is 1. The highest BCUT2D eigenvalue weighted by atomic mass is 19.1. The van der Waals surface area contributed by atoms with E-state index >= 15 is 0 Å². The van der Waals surface area contributed by atoms with Gasteiger partial charge in [-0.15, -0.1) is 0 Å². The Labute approximate surface area is 208 Å². The second-order valence-electron chi connectivity index (χ2n) is 10.3. The molecule has 190 valence electrons. The van der Waals surface area contributed by atoms with E-state index in [0.29, 0.717) is 19.6 Å². The number of unbranched alkanes of at least 4 members (excludes halogenated alkanes) is 1. The number of amides is 1. The van der Waals surface area contributed by atoms with Crippen LogP contribution < -0.4 is 5.73 Å². The summed E-state index contributed by atoms with van der Waals surface area (Å²) in [6, 6.07) is 14.4. The number of likely N-dealkylation sites (tertiary alicyclic amines) is 1. The van der Waals surface area contributed by atoms with Crippen LogP contribution in [0.3, 0.4) is 0 Å². The highest BCUT2D eigenvalue weighted by Crippen LogP contribution is 2.44. The zero-order valence-electron chi connectivity index (χ0n) is 20.8. The van der Waals surface area contributed by atoms with Crippen LogP contribution in [0.5, 0.6) is 0 Å². The zero-order valence-corrected chi connectivity index (χ0v) is 20.8. The lowest BCUT2D eigenvalue weighted by atomic mass is 9.72. The number of nitrogens with two attached hydrogens (primary N) is 1. The van der Waals surface area contributed by atoms with Crippen molar-refractivity contribution in [3.05, 3.63) is 59.9 Å². The van der Waals surface area contributed by atoms with Crippen molar-refractivity contribution in [3.63, 3.8) is 0 Å². The molecule has 6 heteroatoms. The normalized spacial score (nSPS) is 24.3. The second-order valence-corrected chi connectivity index (χ2v) is 10.3. The molecule has 1 amide bonds. The average molecular weight is 483 g/mol. The van der Waals surface area contributed by atoms with Gasteiger partial charge in [0.05, 0.1) is 5.60 Å². The Morgan fingerprint density at radius 2 is 1.91 bits per heavy atom. The number of rotatable bonds is 9. The molecule has 4 rings (SSSR count). The molecular weight excluding hydrogens is 443 g/mol. The first-order valence-electron chi connectivity index (χ1n) is 13.0. The highest BCUT2D eigenvalue weighted by molar-refractivity contribution is 5.79. The van der Waals surface area contributed by atoms with Crippen molar-refractivity contribution < 1.29 is 19.0 Å². The lowest BCUT2D eigenvalue weighted by Gasteiger charge is -2.44. The largest absolute Gasteiger partial charge is 0.385 e. The van der Waals surface area contributed by atoms with Gasteiger partial charge in [0.15, 0.2) is 0 Å². The molecule has 2 aliphatic rings. The summed E-state index contributed by atoms with van der Waals surface area (Å²) in [6.07, 6.45) is 6.49. The summed E-state index contributed by atoms with van der Waals surface area (Å²) >= 11 is 0. The van der Waals surface area contributed by atoms with Crippen LogP contribution in [0.2, 0.25) is 0 Å². The lowest BCUT2D eigenvalue weighted by Crippen LogP contribution is -2.49. The molecule has 4 atom stereocenters. The summed E-state index contributed by atoms with van der Waals surface area (Å²) in [4.78, 5) is 15.3. The molecule has 2 aromatic carbocycles. The van der Waals surface area contributed by atoms with Crippen molar-refractivity contribution >= 4 is 5.91 Å². The Balaban J connectivity index is 1.64. The molecule has 1 saturated heterocycles. The first-order chi connectivity index (χ1) is 16.9. The minimum atomic E-state index is -1.11. The number of hydrogen-bond acceptors (Lipinski definition) is 4. The number of nitrogens with zero attached hydrogens (tertiary/aromatic N) is 1. The van der Waals surface area contributed by atoms with Crippen molar-refractivity contribution in [2.75, 3.05) is 26.8 Å². The fraction of sp³-hybridized carbons (Fsp3) is 0.552. The average Bonchev–Trinajstić information content (AvgIpc) is 3.33. The van der Waals surface area contributed by atoms with Crippen LogP contribution in [0.25, 0.3) is 11.1 Å². The first-order valence-corrected chi connectivity index (χ1v) is 13.0. The number of halogens is 1. The second kappa shape index (κ2) is 11.6. The molecule has 5 nitrogen and oxygen atoms in total. The Bertz CT molecular complexity index is 982. The number of hydrogen-bond donors (Lipinski definition) is 2. The number of methoxy groups -OCH3 is 1. The Kier molecular flexibility index (Phi) is 8.58. The van der Waals surface area contributed by atoms with Crippen LogP contribution in [0.4, 0.5) is 4.39 Å². The fourth-order valence-corrected chi connectivity index (χ4v) is 6.01. The van der Waals surface area contributed by atoms with Crippen LogP contribution in [0.1, 0.15) is 56.9 Å². The van der Waals surface area contributed by atoms with E-state index in [4.69, 9.17) is 10.5 Å². The molecule has 0 aromatic heterocycles. The predicted molar refractivity (Wildman–Crippen MR) is 136 cm³/mol. The van der Waals surface area contributed by atoms with E-state index in [2.05, 4.69) is 0 Å². The van der Waals surface area contributed by atoms with E-state index in [1.54, 1.807) is 19.2 Å². The SMILES string of the molecule is COCCCC[C@@](O)(c1ccccc1-c1ccc(F)cc1)C1CCCN(C(=O)[C@@H]2CC[C@H](N)C2)C1. The number of carbonyl (C=O) groups is 1. The number of ether oxygens (including phenoxy) is 1. The maximum atomic E-state index is 13.6. The third-order valence-corrected chi connectivity index (χ3v) is 7.94. The summed E-state index contributed by atoms with van der Waals surface area (Å²) in [7, 11) is 1.69. The smallest absolute Gasteiger partial charge is 0.225 e. The third-order valence-electron chi connectivity index (χ3n) is 7.94. The van der Waals surface area contributed by atoms with E-state index in [0.717, 1.165) is 68.2 Å². The van der Waals surface area contributed by atoms with E-state index in [9.17, 15) is 14.3 Å². The maximum Gasteiger partial charge on any atom is 0.225 e. The van der Waals surface area contributed by atoms with Gasteiger partial charge in [0.2, 0.25) is 5.91 Å². The summed E-state index contributed by atoms with van der Waals surface area (Å²) in [5, 5.41) is 12.4. The standard InChI is InChI=1S/C29H39FN2O3/c1-35-18-5-4-16-29(34,27-9-3-2-8-26(27)21-10-13-24(30)14-11-21)23-7-6-17-32(20-23)28(33)22-12-15-25(31)19-22/h2-3,8-11,13-14,22-23,25,34H,4-7,12,15-20,31H2,1H3/t22-,23?,25+,29+/m1/s1. The minimum Gasteiger partial charge on any atom is -0.385 e. The molecule has 1 aliphatic heterocycles. The Hall–Kier alpha value is -2.28. The third kappa shape index (κ3) is 5.93. The minimum absolute atomic E-state index is 0.00467. The van der Waals surface area contributed by atoms with E-state index in [-0.39, 0.29) is 29.6 Å². The molecule has 0 bridgehead atoms. The molecule has 1 unspecified atom stereocenters. The molecule has 1 saturated carbocycles. The molecule has 3 N–H and O–H groups in total. The summed E-state index contributed by atoms with van der Waals surface area (Å²) in [5.74, 6) is -0.171. The molecule has 35 heavy (non-hydrogen) atoms. The zero-order chi connectivity index (χ0) is 24.8. The number of benzene rings is 2. The van der Waals surface area contributed by atoms with Crippen LogP contribution >= 0.6 is 0 Å². The van der Waals surface area contributed by atoms with E-state index in [1.165, 1.54) is 12.1 Å². The van der Waals surface area contributed by atoms with Crippen molar-refractivity contribution in [1.29, 1.82) is 0 Å². The van der Waals surface area contributed by atoms with Crippen molar-refractivity contribution in [2.45, 2.75) is 63.0 Å². The predicted octanol–water partition coefficient (Wildman–Crippen LogP) is 4.86.